The summed E-state index contributed by atoms with van der Waals surface area (Å²) in [6.45, 7) is 1.70. The zero-order valence-electron chi connectivity index (χ0n) is 12.1. The number of halogens is 2. The summed E-state index contributed by atoms with van der Waals surface area (Å²) in [5, 5.41) is 7.23. The van der Waals surface area contributed by atoms with E-state index in [1.165, 1.54) is 23.1 Å². The minimum Gasteiger partial charge on any atom is -0.306 e. The number of carbonyl (C=O) groups excluding carboxylic acids is 1. The summed E-state index contributed by atoms with van der Waals surface area (Å²) in [5.41, 5.74) is 1.15. The molecule has 7 heteroatoms. The number of carbonyl (C=O) groups is 1. The number of benzene rings is 1. The summed E-state index contributed by atoms with van der Waals surface area (Å²) in [6, 6.07) is 9.46. The summed E-state index contributed by atoms with van der Waals surface area (Å²) in [7, 11) is 0. The molecule has 0 atom stereocenters. The van der Waals surface area contributed by atoms with Gasteiger partial charge in [-0.05, 0) is 31.2 Å². The first-order valence-electron chi connectivity index (χ1n) is 6.78. The van der Waals surface area contributed by atoms with E-state index < -0.39 is 5.82 Å². The lowest BCUT2D eigenvalue weighted by Gasteiger charge is -2.07. The first-order chi connectivity index (χ1) is 11.1. The summed E-state index contributed by atoms with van der Waals surface area (Å²) in [5.74, 6) is -0.414. The minimum absolute atomic E-state index is 0.286. The average Bonchev–Trinajstić information content (AvgIpc) is 2.92. The monoisotopic (exact) mass is 330 g/mol. The van der Waals surface area contributed by atoms with Gasteiger partial charge in [0.2, 0.25) is 0 Å². The molecule has 3 aromatic rings. The highest BCUT2D eigenvalue weighted by atomic mass is 35.5. The zero-order valence-corrected chi connectivity index (χ0v) is 12.9. The molecule has 3 rings (SSSR count). The minimum atomic E-state index is -0.412. The lowest BCUT2D eigenvalue weighted by Crippen LogP contribution is -2.14. The molecule has 2 aromatic heterocycles. The van der Waals surface area contributed by atoms with Crippen molar-refractivity contribution in [2.75, 3.05) is 5.32 Å². The zero-order chi connectivity index (χ0) is 16.4. The van der Waals surface area contributed by atoms with Crippen molar-refractivity contribution >= 4 is 23.3 Å². The number of para-hydroxylation sites is 1. The van der Waals surface area contributed by atoms with Crippen LogP contribution in [-0.4, -0.2) is 20.7 Å². The Kier molecular flexibility index (Phi) is 4.08. The van der Waals surface area contributed by atoms with Crippen LogP contribution in [0, 0.1) is 12.7 Å². The smallest absolute Gasteiger partial charge is 0.260 e. The number of rotatable bonds is 3. The van der Waals surface area contributed by atoms with Crippen molar-refractivity contribution < 1.29 is 9.18 Å². The first-order valence-corrected chi connectivity index (χ1v) is 7.16. The Morgan fingerprint density at radius 1 is 1.22 bits per heavy atom. The molecule has 0 fully saturated rings. The van der Waals surface area contributed by atoms with Crippen molar-refractivity contribution in [3.8, 4) is 5.69 Å². The largest absolute Gasteiger partial charge is 0.306 e. The molecule has 0 saturated heterocycles. The Hall–Kier alpha value is -2.73. The van der Waals surface area contributed by atoms with Crippen molar-refractivity contribution in [1.29, 1.82) is 0 Å². The molecule has 0 aliphatic heterocycles. The van der Waals surface area contributed by atoms with Crippen LogP contribution in [0.4, 0.5) is 10.2 Å². The van der Waals surface area contributed by atoms with E-state index in [0.29, 0.717) is 22.1 Å². The van der Waals surface area contributed by atoms with Crippen molar-refractivity contribution in [3.63, 3.8) is 0 Å². The molecule has 0 unspecified atom stereocenters. The molecule has 0 aliphatic rings. The summed E-state index contributed by atoms with van der Waals surface area (Å²) < 4.78 is 15.3. The highest BCUT2D eigenvalue weighted by Gasteiger charge is 2.17. The second-order valence-electron chi connectivity index (χ2n) is 4.82. The molecule has 23 heavy (non-hydrogen) atoms. The van der Waals surface area contributed by atoms with Crippen LogP contribution in [0.25, 0.3) is 5.69 Å². The number of pyridine rings is 1. The number of nitrogens with zero attached hydrogens (tertiary/aromatic N) is 3. The standard InChI is InChI=1S/C16H12ClFN4O/c1-10-12(16(23)21-15-7-6-11(17)8-19-15)9-20-22(10)14-5-3-2-4-13(14)18/h2-9H,1H3,(H,19,21,23). The van der Waals surface area contributed by atoms with E-state index in [1.54, 1.807) is 37.3 Å². The third kappa shape index (κ3) is 3.07. The van der Waals surface area contributed by atoms with E-state index in [0.717, 1.165) is 0 Å². The fraction of sp³-hybridized carbons (Fsp3) is 0.0625. The Bertz CT molecular complexity index is 861. The van der Waals surface area contributed by atoms with E-state index >= 15 is 0 Å². The number of nitrogens with one attached hydrogen (secondary N) is 1. The Labute approximate surface area is 136 Å². The van der Waals surface area contributed by atoms with Crippen LogP contribution in [-0.2, 0) is 0 Å². The molecule has 5 nitrogen and oxygen atoms in total. The van der Waals surface area contributed by atoms with Gasteiger partial charge in [-0.2, -0.15) is 5.10 Å². The van der Waals surface area contributed by atoms with Gasteiger partial charge < -0.3 is 5.32 Å². The lowest BCUT2D eigenvalue weighted by atomic mass is 10.2. The van der Waals surface area contributed by atoms with Crippen LogP contribution >= 0.6 is 11.6 Å². The molecular weight excluding hydrogens is 319 g/mol. The second kappa shape index (κ2) is 6.18. The summed E-state index contributed by atoms with van der Waals surface area (Å²) in [4.78, 5) is 16.3. The van der Waals surface area contributed by atoms with Crippen molar-refractivity contribution in [3.05, 3.63) is 70.9 Å². The Balaban J connectivity index is 1.88. The van der Waals surface area contributed by atoms with Gasteiger partial charge in [-0.1, -0.05) is 23.7 Å². The van der Waals surface area contributed by atoms with Gasteiger partial charge in [0.1, 0.15) is 17.3 Å². The maximum atomic E-state index is 13.9. The molecule has 1 aromatic carbocycles. The van der Waals surface area contributed by atoms with Gasteiger partial charge in [0.15, 0.2) is 0 Å². The molecule has 1 N–H and O–H groups in total. The molecule has 0 saturated carbocycles. The number of hydrogen-bond acceptors (Lipinski definition) is 3. The SMILES string of the molecule is Cc1c(C(=O)Nc2ccc(Cl)cn2)cnn1-c1ccccc1F. The number of aromatic nitrogens is 3. The first kappa shape index (κ1) is 15.2. The maximum Gasteiger partial charge on any atom is 0.260 e. The highest BCUT2D eigenvalue weighted by molar-refractivity contribution is 6.30. The van der Waals surface area contributed by atoms with Gasteiger partial charge >= 0.3 is 0 Å². The van der Waals surface area contributed by atoms with Gasteiger partial charge in [0, 0.05) is 6.20 Å². The molecular formula is C16H12ClFN4O. The average molecular weight is 331 g/mol. The number of amides is 1. The fourth-order valence-corrected chi connectivity index (χ4v) is 2.24. The molecule has 0 bridgehead atoms. The molecule has 2 heterocycles. The molecule has 116 valence electrons. The van der Waals surface area contributed by atoms with Gasteiger partial charge in [-0.25, -0.2) is 14.1 Å². The Morgan fingerprint density at radius 2 is 2.00 bits per heavy atom. The van der Waals surface area contributed by atoms with Gasteiger partial charge in [0.05, 0.1) is 22.5 Å². The lowest BCUT2D eigenvalue weighted by molar-refractivity contribution is 0.102. The van der Waals surface area contributed by atoms with E-state index in [1.807, 2.05) is 0 Å². The van der Waals surface area contributed by atoms with Gasteiger partial charge in [-0.15, -0.1) is 0 Å². The van der Waals surface area contributed by atoms with E-state index in [4.69, 9.17) is 11.6 Å². The van der Waals surface area contributed by atoms with Crippen LogP contribution < -0.4 is 5.32 Å². The summed E-state index contributed by atoms with van der Waals surface area (Å²) in [6.07, 6.45) is 2.83. The van der Waals surface area contributed by atoms with Crippen molar-refractivity contribution in [1.82, 2.24) is 14.8 Å². The maximum absolute atomic E-state index is 13.9. The summed E-state index contributed by atoms with van der Waals surface area (Å²) >= 11 is 5.75. The van der Waals surface area contributed by atoms with E-state index in [2.05, 4.69) is 15.4 Å². The van der Waals surface area contributed by atoms with E-state index in [-0.39, 0.29) is 11.6 Å². The molecule has 0 radical (unpaired) electrons. The normalized spacial score (nSPS) is 10.6. The molecule has 0 aliphatic carbocycles. The predicted molar refractivity (Wildman–Crippen MR) is 85.5 cm³/mol. The van der Waals surface area contributed by atoms with Gasteiger partial charge in [0.25, 0.3) is 5.91 Å². The topological polar surface area (TPSA) is 59.8 Å². The van der Waals surface area contributed by atoms with Crippen LogP contribution in [0.15, 0.2) is 48.8 Å². The van der Waals surface area contributed by atoms with Crippen LogP contribution in [0.5, 0.6) is 0 Å². The van der Waals surface area contributed by atoms with Crippen LogP contribution in [0.1, 0.15) is 16.1 Å². The predicted octanol–water partition coefficient (Wildman–Crippen LogP) is 3.62. The number of anilines is 1. The quantitative estimate of drug-likeness (QED) is 0.798. The van der Waals surface area contributed by atoms with E-state index in [9.17, 15) is 9.18 Å². The van der Waals surface area contributed by atoms with Crippen molar-refractivity contribution in [2.45, 2.75) is 6.92 Å². The van der Waals surface area contributed by atoms with Crippen LogP contribution in [0.2, 0.25) is 5.02 Å². The fourth-order valence-electron chi connectivity index (χ4n) is 2.13. The van der Waals surface area contributed by atoms with Crippen LogP contribution in [0.3, 0.4) is 0 Å². The number of hydrogen-bond donors (Lipinski definition) is 1. The Morgan fingerprint density at radius 3 is 2.70 bits per heavy atom. The molecule has 1 amide bonds. The third-order valence-corrected chi connectivity index (χ3v) is 3.53. The highest BCUT2D eigenvalue weighted by Crippen LogP contribution is 2.18. The van der Waals surface area contributed by atoms with Crippen molar-refractivity contribution in [2.24, 2.45) is 0 Å². The van der Waals surface area contributed by atoms with Gasteiger partial charge in [-0.3, -0.25) is 4.79 Å². The third-order valence-electron chi connectivity index (χ3n) is 3.30. The second-order valence-corrected chi connectivity index (χ2v) is 5.26. The molecule has 0 spiro atoms.